The minimum absolute atomic E-state index is 1.09. The molecule has 0 spiro atoms. The van der Waals surface area contributed by atoms with Crippen molar-refractivity contribution in [3.8, 4) is 0 Å². The van der Waals surface area contributed by atoms with Crippen LogP contribution in [0.4, 0.5) is 0 Å². The summed E-state index contributed by atoms with van der Waals surface area (Å²) >= 11 is 12.5. The molecule has 0 aromatic heterocycles. The van der Waals surface area contributed by atoms with Crippen LogP contribution in [-0.4, -0.2) is 13.8 Å². The first-order chi connectivity index (χ1) is 3.81. The van der Waals surface area contributed by atoms with Crippen molar-refractivity contribution in [1.29, 1.82) is 0 Å². The van der Waals surface area contributed by atoms with E-state index in [9.17, 15) is 0 Å². The van der Waals surface area contributed by atoms with Crippen LogP contribution in [0.1, 0.15) is 6.92 Å². The Kier molecular flexibility index (Phi) is 3.28. The fourth-order valence-electron chi connectivity index (χ4n) is 0.420. The molecule has 0 fully saturated rings. The van der Waals surface area contributed by atoms with Crippen molar-refractivity contribution in [1.82, 2.24) is 0 Å². The smallest absolute Gasteiger partial charge is 0.161 e. The van der Waals surface area contributed by atoms with E-state index in [0.717, 1.165) is 6.04 Å². The largest absolute Gasteiger partial charge is 0.170 e. The Morgan fingerprint density at radius 1 is 1.11 bits per heavy atom. The van der Waals surface area contributed by atoms with Gasteiger partial charge < -0.3 is 0 Å². The third kappa shape index (κ3) is 2.62. The van der Waals surface area contributed by atoms with Gasteiger partial charge in [-0.05, 0) is 6.04 Å². The summed E-state index contributed by atoms with van der Waals surface area (Å²) in [6.07, 6.45) is 0. The average Bonchev–Trinajstić information content (AvgIpc) is 1.64. The van der Waals surface area contributed by atoms with Crippen molar-refractivity contribution < 1.29 is 0 Å². The van der Waals surface area contributed by atoms with Crippen LogP contribution in [0.25, 0.3) is 0 Å². The number of hydrogen-bond acceptors (Lipinski definition) is 0. The van der Waals surface area contributed by atoms with Gasteiger partial charge in [-0.3, -0.25) is 0 Å². The summed E-state index contributed by atoms with van der Waals surface area (Å²) in [4.78, 5) is 0. The second-order valence-corrected chi connectivity index (χ2v) is 23.4. The third-order valence-corrected chi connectivity index (χ3v) is 23.9. The molecular weight excluding hydrogens is 187 g/mol. The fraction of sp³-hybridized carbons (Fsp3) is 1.00. The van der Waals surface area contributed by atoms with Gasteiger partial charge >= 0.3 is 0 Å². The molecule has 0 N–H and O–H groups in total. The number of hydrogen-bond donors (Lipinski definition) is 0. The maximum atomic E-state index is 6.27. The van der Waals surface area contributed by atoms with Crippen molar-refractivity contribution in [2.24, 2.45) is 0 Å². The summed E-state index contributed by atoms with van der Waals surface area (Å²) in [5, 5.41) is 0. The zero-order chi connectivity index (χ0) is 7.71. The molecule has 56 valence electrons. The molecule has 0 aliphatic carbocycles. The SMILES string of the molecule is CC[Si](C)(Cl)[Si](C)(C)Cl. The normalized spacial score (nSPS) is 19.3. The predicted molar refractivity (Wildman–Crippen MR) is 51.3 cm³/mol. The Labute approximate surface area is 68.8 Å². The molecule has 0 aliphatic rings. The van der Waals surface area contributed by atoms with Crippen molar-refractivity contribution in [2.45, 2.75) is 32.6 Å². The van der Waals surface area contributed by atoms with Crippen molar-refractivity contribution >= 4 is 36.0 Å². The first kappa shape index (κ1) is 10.0. The van der Waals surface area contributed by atoms with E-state index in [2.05, 4.69) is 26.6 Å². The number of halogens is 2. The second kappa shape index (κ2) is 2.95. The summed E-state index contributed by atoms with van der Waals surface area (Å²) in [6, 6.07) is 1.09. The standard InChI is InChI=1S/C5H14Cl2Si2/c1-5-9(4,7)8(2,3)6/h5H2,1-4H3. The lowest BCUT2D eigenvalue weighted by Gasteiger charge is -2.27. The van der Waals surface area contributed by atoms with Crippen LogP contribution in [0.5, 0.6) is 0 Å². The molecule has 0 saturated carbocycles. The molecule has 0 heterocycles. The highest BCUT2D eigenvalue weighted by Gasteiger charge is 2.41. The molecule has 0 aliphatic heterocycles. The molecule has 1 atom stereocenters. The first-order valence-electron chi connectivity index (χ1n) is 3.19. The third-order valence-electron chi connectivity index (χ3n) is 1.90. The van der Waals surface area contributed by atoms with Crippen LogP contribution in [0.2, 0.25) is 25.7 Å². The van der Waals surface area contributed by atoms with E-state index >= 15 is 0 Å². The van der Waals surface area contributed by atoms with Crippen LogP contribution in [0.3, 0.4) is 0 Å². The Morgan fingerprint density at radius 2 is 1.44 bits per heavy atom. The molecule has 0 bridgehead atoms. The molecule has 0 saturated heterocycles. The topological polar surface area (TPSA) is 0 Å². The van der Waals surface area contributed by atoms with Gasteiger partial charge in [0.05, 0.1) is 0 Å². The van der Waals surface area contributed by atoms with Gasteiger partial charge in [0.1, 0.15) is 0 Å². The molecule has 0 radical (unpaired) electrons. The molecule has 0 nitrogen and oxygen atoms in total. The van der Waals surface area contributed by atoms with Gasteiger partial charge in [0.25, 0.3) is 0 Å². The first-order valence-corrected chi connectivity index (χ1v) is 11.9. The molecule has 1 unspecified atom stereocenters. The van der Waals surface area contributed by atoms with Crippen LogP contribution < -0.4 is 0 Å². The van der Waals surface area contributed by atoms with Gasteiger partial charge in [-0.15, -0.1) is 0 Å². The Hall–Kier alpha value is 1.01. The van der Waals surface area contributed by atoms with Gasteiger partial charge in [0.2, 0.25) is 0 Å². The Bertz CT molecular complexity index is 95.6. The minimum atomic E-state index is -1.51. The molecule has 0 aromatic rings. The second-order valence-electron chi connectivity index (χ2n) is 3.02. The maximum absolute atomic E-state index is 6.27. The summed E-state index contributed by atoms with van der Waals surface area (Å²) in [7, 11) is 0. The van der Waals surface area contributed by atoms with Gasteiger partial charge in [0, 0.05) is 0 Å². The van der Waals surface area contributed by atoms with E-state index < -0.39 is 13.8 Å². The Balaban J connectivity index is 4.14. The molecule has 4 heteroatoms. The molecule has 0 rings (SSSR count). The van der Waals surface area contributed by atoms with Crippen LogP contribution in [0, 0.1) is 0 Å². The minimum Gasteiger partial charge on any atom is -0.170 e. The van der Waals surface area contributed by atoms with E-state index in [1.165, 1.54) is 0 Å². The lowest BCUT2D eigenvalue weighted by atomic mass is 11.0. The summed E-state index contributed by atoms with van der Waals surface area (Å²) in [5.74, 6) is 0. The molecular formula is C5H14Cl2Si2. The van der Waals surface area contributed by atoms with Crippen molar-refractivity contribution in [3.63, 3.8) is 0 Å². The van der Waals surface area contributed by atoms with E-state index in [1.54, 1.807) is 0 Å². The summed E-state index contributed by atoms with van der Waals surface area (Å²) in [6.45, 7) is 5.56. The fourth-order valence-corrected chi connectivity index (χ4v) is 4.99. The zero-order valence-corrected chi connectivity index (χ0v) is 9.97. The highest BCUT2D eigenvalue weighted by Crippen LogP contribution is 2.29. The van der Waals surface area contributed by atoms with Gasteiger partial charge in [0.15, 0.2) is 13.8 Å². The van der Waals surface area contributed by atoms with Crippen LogP contribution in [-0.2, 0) is 0 Å². The van der Waals surface area contributed by atoms with E-state index in [1.807, 2.05) is 0 Å². The average molecular weight is 201 g/mol. The van der Waals surface area contributed by atoms with Crippen molar-refractivity contribution in [2.75, 3.05) is 0 Å². The summed E-state index contributed by atoms with van der Waals surface area (Å²) in [5.41, 5.74) is 0. The molecule has 9 heavy (non-hydrogen) atoms. The maximum Gasteiger partial charge on any atom is 0.161 e. The zero-order valence-electron chi connectivity index (χ0n) is 6.46. The quantitative estimate of drug-likeness (QED) is 0.475. The lowest BCUT2D eigenvalue weighted by molar-refractivity contribution is 1.42. The molecule has 0 amide bonds. The number of rotatable bonds is 2. The van der Waals surface area contributed by atoms with Crippen molar-refractivity contribution in [3.05, 3.63) is 0 Å². The van der Waals surface area contributed by atoms with Crippen LogP contribution in [0.15, 0.2) is 0 Å². The Morgan fingerprint density at radius 3 is 1.44 bits per heavy atom. The highest BCUT2D eigenvalue weighted by molar-refractivity contribution is 7.70. The summed E-state index contributed by atoms with van der Waals surface area (Å²) < 4.78 is 0. The molecule has 0 aromatic carbocycles. The predicted octanol–water partition coefficient (Wildman–Crippen LogP) is 3.34. The van der Waals surface area contributed by atoms with Gasteiger partial charge in [-0.1, -0.05) is 26.6 Å². The lowest BCUT2D eigenvalue weighted by Crippen LogP contribution is -2.47. The van der Waals surface area contributed by atoms with E-state index in [-0.39, 0.29) is 0 Å². The van der Waals surface area contributed by atoms with E-state index in [4.69, 9.17) is 22.2 Å². The van der Waals surface area contributed by atoms with Crippen LogP contribution >= 0.6 is 22.2 Å². The van der Waals surface area contributed by atoms with Gasteiger partial charge in [-0.2, -0.15) is 22.2 Å². The van der Waals surface area contributed by atoms with Gasteiger partial charge in [-0.25, -0.2) is 0 Å². The van der Waals surface area contributed by atoms with E-state index in [0.29, 0.717) is 0 Å². The monoisotopic (exact) mass is 200 g/mol. The highest BCUT2D eigenvalue weighted by atomic mass is 35.6.